The number of aryl methyl sites for hydroxylation is 4. The Hall–Kier alpha value is -11.7. The molecule has 11 aromatic rings. The van der Waals surface area contributed by atoms with Gasteiger partial charge in [-0.3, -0.25) is 34.4 Å². The van der Waals surface area contributed by atoms with E-state index < -0.39 is 48.9 Å². The fraction of sp³-hybridized carbons (Fsp3) is 0.0769. The molecule has 0 aliphatic heterocycles. The van der Waals surface area contributed by atoms with Crippen LogP contribution < -0.4 is 26.4 Å². The molecule has 0 fully saturated rings. The number of aromatic nitrogens is 6. The van der Waals surface area contributed by atoms with Crippen LogP contribution in [0, 0.1) is 57.3 Å². The van der Waals surface area contributed by atoms with Gasteiger partial charge in [0.1, 0.15) is 28.8 Å². The monoisotopic (exact) mass is 1300 g/mol. The summed E-state index contributed by atoms with van der Waals surface area (Å²) in [6.45, 7) is 3.43. The van der Waals surface area contributed by atoms with Gasteiger partial charge >= 0.3 is 11.4 Å². The summed E-state index contributed by atoms with van der Waals surface area (Å²) in [5, 5.41) is 31.9. The molecule has 4 aromatic heterocycles. The van der Waals surface area contributed by atoms with Gasteiger partial charge in [0.05, 0.1) is 51.3 Å². The van der Waals surface area contributed by atoms with Crippen molar-refractivity contribution < 1.29 is 54.7 Å². The molecule has 0 aliphatic rings. The van der Waals surface area contributed by atoms with E-state index in [9.17, 15) is 55.8 Å². The van der Waals surface area contributed by atoms with E-state index in [1.165, 1.54) is 86.3 Å². The first-order valence-corrected chi connectivity index (χ1v) is 29.1. The molecule has 0 unspecified atom stereocenters. The Morgan fingerprint density at radius 3 is 1.59 bits per heavy atom. The number of nitrogens with one attached hydrogen (secondary N) is 3. The zero-order valence-corrected chi connectivity index (χ0v) is 51.1. The summed E-state index contributed by atoms with van der Waals surface area (Å²) in [5.74, 6) is -3.43. The van der Waals surface area contributed by atoms with E-state index >= 15 is 0 Å². The molecular weight excluding hydrogens is 1250 g/mol. The van der Waals surface area contributed by atoms with Gasteiger partial charge in [0.15, 0.2) is 0 Å². The Balaban J connectivity index is 0.000000183. The van der Waals surface area contributed by atoms with Gasteiger partial charge in [0.25, 0.3) is 10.1 Å². The van der Waals surface area contributed by atoms with Gasteiger partial charge in [0.2, 0.25) is 34.7 Å². The molecule has 2 amide bonds. The number of benzene rings is 7. The van der Waals surface area contributed by atoms with Crippen LogP contribution in [0.15, 0.2) is 187 Å². The van der Waals surface area contributed by atoms with Gasteiger partial charge in [-0.05, 0) is 109 Å². The van der Waals surface area contributed by atoms with E-state index in [4.69, 9.17) is 26.6 Å². The van der Waals surface area contributed by atoms with Crippen LogP contribution in [-0.4, -0.2) is 70.8 Å². The Kier molecular flexibility index (Phi) is 21.5. The highest BCUT2D eigenvalue weighted by atomic mass is 35.5. The van der Waals surface area contributed by atoms with Gasteiger partial charge in [-0.15, -0.1) is 0 Å². The molecule has 0 saturated carbocycles. The summed E-state index contributed by atoms with van der Waals surface area (Å²) >= 11 is 6.03. The number of nitro benzene ring substituents is 2. The van der Waals surface area contributed by atoms with E-state index in [1.54, 1.807) is 37.3 Å². The number of carbonyl (C=O) groups is 2. The normalized spacial score (nSPS) is 11.0. The molecule has 0 bridgehead atoms. The van der Waals surface area contributed by atoms with Crippen LogP contribution in [0.5, 0.6) is 5.75 Å². The number of fused-ring (bicyclic) bond motifs is 2. The fourth-order valence-corrected chi connectivity index (χ4v) is 9.51. The van der Waals surface area contributed by atoms with Crippen LogP contribution >= 0.6 is 11.6 Å². The van der Waals surface area contributed by atoms with Crippen molar-refractivity contribution in [2.45, 2.75) is 18.7 Å². The van der Waals surface area contributed by atoms with Crippen molar-refractivity contribution in [2.75, 3.05) is 28.8 Å². The number of nitrogens with two attached hydrogens (primary N) is 1. The SMILES string of the molecule is COc1cc(F)c([N+](=O)[O-])cc1Nc1ncc(NC(=O)/C=C/c2ccc(F)cc2)c(-c2cn(C)c3ccccc23)n1.Cc1cc(F)c([N+](=O)[O-])cc1N.Cc1ccc(S(=O)(=O)O)cc1.Cn1cc(-c2nc(Cl)ncc2NC(=O)/C=C/c2ccc(F)cc2)c2ccccc21. The number of halogens is 5. The van der Waals surface area contributed by atoms with Crippen molar-refractivity contribution in [3.63, 3.8) is 0 Å². The zero-order chi connectivity index (χ0) is 67.3. The van der Waals surface area contributed by atoms with E-state index in [0.29, 0.717) is 39.3 Å². The maximum absolute atomic E-state index is 14.2. The smallest absolute Gasteiger partial charge is 0.307 e. The number of rotatable bonds is 14. The van der Waals surface area contributed by atoms with Gasteiger partial charge in [-0.25, -0.2) is 28.7 Å². The largest absolute Gasteiger partial charge is 0.494 e. The number of amides is 2. The van der Waals surface area contributed by atoms with Crippen LogP contribution in [0.4, 0.5) is 57.6 Å². The lowest BCUT2D eigenvalue weighted by molar-refractivity contribution is -0.387. The van der Waals surface area contributed by atoms with Crippen LogP contribution in [0.2, 0.25) is 5.28 Å². The minimum Gasteiger partial charge on any atom is -0.494 e. The van der Waals surface area contributed by atoms with Crippen LogP contribution in [0.25, 0.3) is 56.5 Å². The number of para-hydroxylation sites is 2. The fourth-order valence-electron chi connectivity index (χ4n) is 8.90. The van der Waals surface area contributed by atoms with Crippen molar-refractivity contribution in [2.24, 2.45) is 14.1 Å². The first kappa shape index (κ1) is 67.3. The van der Waals surface area contributed by atoms with E-state index in [0.717, 1.165) is 57.2 Å². The van der Waals surface area contributed by atoms with Crippen molar-refractivity contribution in [1.82, 2.24) is 29.1 Å². The molecule has 6 N–H and O–H groups in total. The number of hydrogen-bond donors (Lipinski definition) is 5. The standard InChI is InChI=1S/C29H22F2N6O4.C22H16ClFN4O.C7H7FN2O2.C7H8O3S/c1-36-16-20(19-5-3-4-6-24(19)36)28-23(33-27(38)12-9-17-7-10-18(30)11-8-17)15-32-29(35-28)34-22-14-25(37(39)40)21(31)13-26(22)41-2;1-28-13-17(16-4-2-3-5-19(16)28)21-18(12-25-22(23)27-21)26-20(29)11-8-14-6-9-15(24)10-7-14;1-4-2-5(8)7(10(11)12)3-6(4)9;1-6-2-4-7(5-3-6)11(8,9)10/h3-16H,1-2H3,(H,33,38)(H,32,34,35);2-13H,1H3,(H,26,29);2-3H,9H2,1H3;2-5H,1H3,(H,8,9,10)/b12-9+;11-8+;;. The number of hydrogen-bond acceptors (Lipinski definition) is 15. The summed E-state index contributed by atoms with van der Waals surface area (Å²) in [7, 11) is 1.09. The molecule has 28 heteroatoms. The Morgan fingerprint density at radius 2 is 1.11 bits per heavy atom. The topological polar surface area (TPSA) is 308 Å². The van der Waals surface area contributed by atoms with Gasteiger partial charge < -0.3 is 35.6 Å². The second-order valence-corrected chi connectivity index (χ2v) is 21.8. The second kappa shape index (κ2) is 29.8. The molecule has 93 heavy (non-hydrogen) atoms. The maximum Gasteiger partial charge on any atom is 0.307 e. The van der Waals surface area contributed by atoms with Gasteiger partial charge in [-0.1, -0.05) is 78.4 Å². The first-order valence-electron chi connectivity index (χ1n) is 27.3. The number of nitrogen functional groups attached to an aromatic ring is 1. The summed E-state index contributed by atoms with van der Waals surface area (Å²) < 4.78 is 91.8. The van der Waals surface area contributed by atoms with Crippen molar-refractivity contribution in [1.29, 1.82) is 0 Å². The van der Waals surface area contributed by atoms with Gasteiger partial charge in [0, 0.05) is 95.5 Å². The highest BCUT2D eigenvalue weighted by Crippen LogP contribution is 2.38. The number of nitro groups is 2. The number of ether oxygens (including phenoxy) is 1. The van der Waals surface area contributed by atoms with Crippen molar-refractivity contribution in [3.05, 3.63) is 254 Å². The van der Waals surface area contributed by atoms with Crippen LogP contribution in [-0.2, 0) is 33.8 Å². The summed E-state index contributed by atoms with van der Waals surface area (Å²) in [5.41, 5.74) is 12.2. The van der Waals surface area contributed by atoms with Crippen LogP contribution in [0.1, 0.15) is 22.3 Å². The van der Waals surface area contributed by atoms with E-state index in [1.807, 2.05) is 91.1 Å². The highest BCUT2D eigenvalue weighted by Gasteiger charge is 2.23. The lowest BCUT2D eigenvalue weighted by atomic mass is 10.1. The van der Waals surface area contributed by atoms with Crippen LogP contribution in [0.3, 0.4) is 0 Å². The number of carbonyl (C=O) groups excluding carboxylic acids is 2. The Morgan fingerprint density at radius 1 is 0.645 bits per heavy atom. The summed E-state index contributed by atoms with van der Waals surface area (Å²) in [6.07, 6.45) is 12.5. The molecule has 11 rings (SSSR count). The molecule has 0 radical (unpaired) electrons. The van der Waals surface area contributed by atoms with Gasteiger partial charge in [-0.2, -0.15) is 17.2 Å². The molecular formula is C65H53ClF4N12O10S. The molecule has 0 spiro atoms. The summed E-state index contributed by atoms with van der Waals surface area (Å²) in [6, 6.07) is 37.0. The van der Waals surface area contributed by atoms with E-state index in [-0.39, 0.29) is 56.5 Å². The quantitative estimate of drug-likeness (QED) is 0.0128. The third kappa shape index (κ3) is 17.4. The zero-order valence-electron chi connectivity index (χ0n) is 49.5. The minimum absolute atomic E-state index is 0.00622. The predicted octanol–water partition coefficient (Wildman–Crippen LogP) is 14.2. The summed E-state index contributed by atoms with van der Waals surface area (Å²) in [4.78, 5) is 62.3. The number of methoxy groups -OCH3 is 1. The molecule has 0 saturated heterocycles. The minimum atomic E-state index is -4.02. The molecule has 0 atom stereocenters. The Labute approximate surface area is 532 Å². The number of anilines is 5. The highest BCUT2D eigenvalue weighted by molar-refractivity contribution is 7.85. The molecule has 7 aromatic carbocycles. The molecule has 0 aliphatic carbocycles. The molecule has 4 heterocycles. The lowest BCUT2D eigenvalue weighted by Crippen LogP contribution is -2.11. The first-order chi connectivity index (χ1) is 44.3. The maximum atomic E-state index is 14.2. The van der Waals surface area contributed by atoms with Crippen molar-refractivity contribution >= 4 is 108 Å². The second-order valence-electron chi connectivity index (χ2n) is 20.0. The average Bonchev–Trinajstić information content (AvgIpc) is 1.77. The average molecular weight is 1310 g/mol. The molecule has 22 nitrogen and oxygen atoms in total. The predicted molar refractivity (Wildman–Crippen MR) is 347 cm³/mol. The van der Waals surface area contributed by atoms with E-state index in [2.05, 4.69) is 35.9 Å². The lowest BCUT2D eigenvalue weighted by Gasteiger charge is -2.13. The Bertz CT molecular complexity index is 4800. The molecule has 474 valence electrons. The third-order valence-corrected chi connectivity index (χ3v) is 14.6. The third-order valence-electron chi connectivity index (χ3n) is 13.5. The number of nitrogens with zero attached hydrogens (tertiary/aromatic N) is 8. The van der Waals surface area contributed by atoms with Crippen molar-refractivity contribution in [3.8, 4) is 28.3 Å².